The lowest BCUT2D eigenvalue weighted by atomic mass is 10.0. The van der Waals surface area contributed by atoms with Crippen LogP contribution in [0.3, 0.4) is 0 Å². The van der Waals surface area contributed by atoms with Crippen LogP contribution in [-0.4, -0.2) is 84.1 Å². The SMILES string of the molecule is C[NH+]1CCN(C2CCN(Cc3ccccc3[N+](=O)[O-])CC2)CC1.O=C([O-])C(=O)O. The molecule has 2 saturated heterocycles. The first-order chi connectivity index (χ1) is 13.8. The molecule has 0 radical (unpaired) electrons. The number of carboxylic acids is 2. The normalized spacial score (nSPS) is 19.2. The Morgan fingerprint density at radius 3 is 2.24 bits per heavy atom. The number of piperazine rings is 1. The zero-order chi connectivity index (χ0) is 21.4. The monoisotopic (exact) mass is 408 g/mol. The number of piperidine rings is 1. The van der Waals surface area contributed by atoms with Crippen LogP contribution in [-0.2, 0) is 16.1 Å². The molecule has 10 nitrogen and oxygen atoms in total. The lowest BCUT2D eigenvalue weighted by Crippen LogP contribution is -3.12. The Labute approximate surface area is 169 Å². The van der Waals surface area contributed by atoms with Crippen molar-refractivity contribution in [3.63, 3.8) is 0 Å². The Balaban J connectivity index is 0.000000438. The van der Waals surface area contributed by atoms with Crippen molar-refractivity contribution < 1.29 is 29.6 Å². The van der Waals surface area contributed by atoms with Gasteiger partial charge in [0.25, 0.3) is 5.69 Å². The van der Waals surface area contributed by atoms with E-state index in [1.165, 1.54) is 39.0 Å². The van der Waals surface area contributed by atoms with Gasteiger partial charge in [0.1, 0.15) is 0 Å². The van der Waals surface area contributed by atoms with E-state index in [4.69, 9.17) is 19.8 Å². The topological polar surface area (TPSA) is 131 Å². The standard InChI is InChI=1S/C17H26N4O2.C2H2O4/c1-18-10-12-20(13-11-18)16-6-8-19(9-7-16)14-15-4-2-3-5-17(15)21(22)23;3-1(4)2(5)6/h2-5,16H,6-14H2,1H3;(H,3,4)(H,5,6). The van der Waals surface area contributed by atoms with Gasteiger partial charge in [0, 0.05) is 37.3 Å². The average molecular weight is 408 g/mol. The van der Waals surface area contributed by atoms with Crippen molar-refractivity contribution in [1.82, 2.24) is 9.80 Å². The number of hydrogen-bond acceptors (Lipinski definition) is 7. The number of likely N-dealkylation sites (N-methyl/N-ethyl adjacent to an activating group) is 1. The molecule has 0 aromatic heterocycles. The first kappa shape index (κ1) is 22.7. The van der Waals surface area contributed by atoms with Gasteiger partial charge in [-0.3, -0.25) is 19.9 Å². The van der Waals surface area contributed by atoms with Crippen LogP contribution in [0, 0.1) is 10.1 Å². The molecule has 10 heteroatoms. The van der Waals surface area contributed by atoms with E-state index < -0.39 is 11.9 Å². The summed E-state index contributed by atoms with van der Waals surface area (Å²) in [7, 11) is 2.27. The molecule has 3 rings (SSSR count). The first-order valence-corrected chi connectivity index (χ1v) is 9.72. The Morgan fingerprint density at radius 1 is 1.17 bits per heavy atom. The molecule has 0 spiro atoms. The number of quaternary nitrogens is 1. The van der Waals surface area contributed by atoms with E-state index in [1.807, 2.05) is 12.1 Å². The number of rotatable bonds is 4. The number of benzene rings is 1. The van der Waals surface area contributed by atoms with E-state index in [2.05, 4.69) is 16.8 Å². The van der Waals surface area contributed by atoms with Crippen LogP contribution < -0.4 is 10.0 Å². The molecule has 1 aromatic carbocycles. The summed E-state index contributed by atoms with van der Waals surface area (Å²) < 4.78 is 0. The van der Waals surface area contributed by atoms with Gasteiger partial charge in [0.05, 0.1) is 25.1 Å². The van der Waals surface area contributed by atoms with Crippen LogP contribution in [0.25, 0.3) is 0 Å². The van der Waals surface area contributed by atoms with Crippen molar-refractivity contribution in [2.45, 2.75) is 25.4 Å². The van der Waals surface area contributed by atoms with E-state index in [0.717, 1.165) is 18.7 Å². The second-order valence-corrected chi connectivity index (χ2v) is 7.48. The minimum Gasteiger partial charge on any atom is -0.539 e. The van der Waals surface area contributed by atoms with Crippen molar-refractivity contribution in [2.75, 3.05) is 46.3 Å². The number of nitro benzene ring substituents is 1. The van der Waals surface area contributed by atoms with E-state index in [0.29, 0.717) is 12.6 Å². The average Bonchev–Trinajstić information content (AvgIpc) is 2.70. The third-order valence-electron chi connectivity index (χ3n) is 5.48. The highest BCUT2D eigenvalue weighted by Crippen LogP contribution is 2.23. The Bertz CT molecular complexity index is 700. The van der Waals surface area contributed by atoms with Crippen LogP contribution in [0.15, 0.2) is 24.3 Å². The fraction of sp³-hybridized carbons (Fsp3) is 0.579. The van der Waals surface area contributed by atoms with E-state index in [1.54, 1.807) is 17.0 Å². The van der Waals surface area contributed by atoms with Gasteiger partial charge >= 0.3 is 5.97 Å². The summed E-state index contributed by atoms with van der Waals surface area (Å²) in [6, 6.07) is 7.82. The number of hydrogen-bond donors (Lipinski definition) is 2. The molecular formula is C19H28N4O6. The molecule has 0 amide bonds. The molecule has 2 aliphatic rings. The van der Waals surface area contributed by atoms with E-state index >= 15 is 0 Å². The summed E-state index contributed by atoms with van der Waals surface area (Å²) in [5.74, 6) is -4.01. The van der Waals surface area contributed by atoms with Crippen LogP contribution >= 0.6 is 0 Å². The molecular weight excluding hydrogens is 380 g/mol. The quantitative estimate of drug-likeness (QED) is 0.339. The van der Waals surface area contributed by atoms with Crippen molar-refractivity contribution in [1.29, 1.82) is 0 Å². The minimum atomic E-state index is -2.07. The van der Waals surface area contributed by atoms with Crippen LogP contribution in [0.2, 0.25) is 0 Å². The minimum absolute atomic E-state index is 0.247. The largest absolute Gasteiger partial charge is 0.539 e. The fourth-order valence-corrected chi connectivity index (χ4v) is 3.78. The summed E-state index contributed by atoms with van der Waals surface area (Å²) in [4.78, 5) is 35.5. The third kappa shape index (κ3) is 7.08. The van der Waals surface area contributed by atoms with Crippen LogP contribution in [0.1, 0.15) is 18.4 Å². The van der Waals surface area contributed by atoms with Gasteiger partial charge in [-0.25, -0.2) is 4.79 Å². The van der Waals surface area contributed by atoms with E-state index in [-0.39, 0.29) is 10.6 Å². The summed E-state index contributed by atoms with van der Waals surface area (Å²) in [6.07, 6.45) is 2.36. The van der Waals surface area contributed by atoms with Gasteiger partial charge in [0.15, 0.2) is 5.97 Å². The summed E-state index contributed by atoms with van der Waals surface area (Å²) in [6.45, 7) is 7.68. The lowest BCUT2D eigenvalue weighted by molar-refractivity contribution is -0.884. The molecule has 2 heterocycles. The number of nitrogens with one attached hydrogen (secondary N) is 1. The lowest BCUT2D eigenvalue weighted by Gasteiger charge is -2.40. The smallest absolute Gasteiger partial charge is 0.351 e. The molecule has 160 valence electrons. The molecule has 0 atom stereocenters. The molecule has 2 N–H and O–H groups in total. The highest BCUT2D eigenvalue weighted by molar-refractivity contribution is 6.26. The van der Waals surface area contributed by atoms with Gasteiger partial charge < -0.3 is 19.9 Å². The highest BCUT2D eigenvalue weighted by atomic mass is 16.6. The van der Waals surface area contributed by atoms with Crippen LogP contribution in [0.5, 0.6) is 0 Å². The van der Waals surface area contributed by atoms with E-state index in [9.17, 15) is 10.1 Å². The Hall–Kier alpha value is -2.56. The number of carbonyl (C=O) groups excluding carboxylic acids is 1. The summed E-state index contributed by atoms with van der Waals surface area (Å²) in [5, 5.41) is 27.4. The second kappa shape index (κ2) is 10.8. The third-order valence-corrected chi connectivity index (χ3v) is 5.48. The summed E-state index contributed by atoms with van der Waals surface area (Å²) >= 11 is 0. The van der Waals surface area contributed by atoms with Gasteiger partial charge in [-0.05, 0) is 25.9 Å². The maximum absolute atomic E-state index is 11.1. The zero-order valence-corrected chi connectivity index (χ0v) is 16.6. The number of carbonyl (C=O) groups is 2. The molecule has 1 aromatic rings. The number of para-hydroxylation sites is 1. The Kier molecular flexibility index (Phi) is 8.50. The molecule has 0 saturated carbocycles. The maximum Gasteiger partial charge on any atom is 0.351 e. The molecule has 2 fully saturated rings. The van der Waals surface area contributed by atoms with Gasteiger partial charge in [-0.15, -0.1) is 0 Å². The summed E-state index contributed by atoms with van der Waals surface area (Å²) in [5.41, 5.74) is 1.08. The first-order valence-electron chi connectivity index (χ1n) is 9.72. The highest BCUT2D eigenvalue weighted by Gasteiger charge is 2.28. The van der Waals surface area contributed by atoms with Crippen molar-refractivity contribution in [2.24, 2.45) is 0 Å². The van der Waals surface area contributed by atoms with Gasteiger partial charge in [0.2, 0.25) is 0 Å². The molecule has 0 bridgehead atoms. The predicted molar refractivity (Wildman–Crippen MR) is 102 cm³/mol. The van der Waals surface area contributed by atoms with Crippen molar-refractivity contribution in [3.05, 3.63) is 39.9 Å². The predicted octanol–water partition coefficient (Wildman–Crippen LogP) is -1.79. The number of nitrogens with zero attached hydrogens (tertiary/aromatic N) is 3. The van der Waals surface area contributed by atoms with Crippen molar-refractivity contribution >= 4 is 17.6 Å². The van der Waals surface area contributed by atoms with Crippen LogP contribution in [0.4, 0.5) is 5.69 Å². The Morgan fingerprint density at radius 2 is 1.72 bits per heavy atom. The van der Waals surface area contributed by atoms with Gasteiger partial charge in [-0.2, -0.15) is 0 Å². The maximum atomic E-state index is 11.1. The number of nitro groups is 1. The van der Waals surface area contributed by atoms with Gasteiger partial charge in [-0.1, -0.05) is 18.2 Å². The molecule has 2 aliphatic heterocycles. The second-order valence-electron chi connectivity index (χ2n) is 7.48. The number of likely N-dealkylation sites (tertiary alicyclic amines) is 1. The molecule has 29 heavy (non-hydrogen) atoms. The number of aliphatic carboxylic acids is 2. The molecule has 0 unspecified atom stereocenters. The van der Waals surface area contributed by atoms with Crippen molar-refractivity contribution in [3.8, 4) is 0 Å². The fourth-order valence-electron chi connectivity index (χ4n) is 3.78. The molecule has 0 aliphatic carbocycles. The number of carboxylic acid groups (broad SMARTS) is 2. The zero-order valence-electron chi connectivity index (χ0n) is 16.6.